The second kappa shape index (κ2) is 9.81. The fraction of sp³-hybridized carbons (Fsp3) is 0.520. The van der Waals surface area contributed by atoms with Crippen LogP contribution in [0.3, 0.4) is 0 Å². The number of nitrogens with zero attached hydrogens (tertiary/aromatic N) is 3. The Morgan fingerprint density at radius 1 is 1.18 bits per heavy atom. The van der Waals surface area contributed by atoms with Gasteiger partial charge in [0.25, 0.3) is 0 Å². The number of anilines is 1. The first kappa shape index (κ1) is 25.2. The number of pyridine rings is 1. The molecule has 33 heavy (non-hydrogen) atoms. The van der Waals surface area contributed by atoms with E-state index in [0.717, 1.165) is 24.0 Å². The lowest BCUT2D eigenvalue weighted by atomic mass is 10.1. The molecule has 1 aromatic carbocycles. The van der Waals surface area contributed by atoms with E-state index in [9.17, 15) is 13.2 Å². The van der Waals surface area contributed by atoms with Gasteiger partial charge >= 0.3 is 6.09 Å². The average molecular weight is 474 g/mol. The SMILES string of the molecule is Cc1ccc(S(=O)(=O)N2CCC[C@@H]2c2ccc(N(CC(C)C)C(=O)OC(C)(C)C)nc2)cc1. The van der Waals surface area contributed by atoms with Gasteiger partial charge in [0.15, 0.2) is 0 Å². The molecule has 1 atom stereocenters. The molecule has 1 aliphatic rings. The Balaban J connectivity index is 1.85. The first-order chi connectivity index (χ1) is 15.4. The van der Waals surface area contributed by atoms with Crippen molar-refractivity contribution < 1.29 is 17.9 Å². The van der Waals surface area contributed by atoms with Crippen LogP contribution in [0.1, 0.15) is 64.6 Å². The third-order valence-corrected chi connectivity index (χ3v) is 7.35. The molecule has 180 valence electrons. The Morgan fingerprint density at radius 3 is 2.39 bits per heavy atom. The third-order valence-electron chi connectivity index (χ3n) is 5.42. The molecule has 1 saturated heterocycles. The van der Waals surface area contributed by atoms with Crippen LogP contribution in [0.15, 0.2) is 47.5 Å². The van der Waals surface area contributed by atoms with Gasteiger partial charge < -0.3 is 4.74 Å². The van der Waals surface area contributed by atoms with Crippen LogP contribution in [0.5, 0.6) is 0 Å². The summed E-state index contributed by atoms with van der Waals surface area (Å²) in [7, 11) is -3.61. The van der Waals surface area contributed by atoms with E-state index < -0.39 is 21.7 Å². The molecule has 1 aromatic heterocycles. The van der Waals surface area contributed by atoms with E-state index >= 15 is 0 Å². The summed E-state index contributed by atoms with van der Waals surface area (Å²) in [4.78, 5) is 19.1. The van der Waals surface area contributed by atoms with Crippen molar-refractivity contribution in [2.75, 3.05) is 18.0 Å². The molecular formula is C25H35N3O4S. The molecule has 0 unspecified atom stereocenters. The normalized spacial score (nSPS) is 17.4. The number of carbonyl (C=O) groups excluding carboxylic acids is 1. The summed E-state index contributed by atoms with van der Waals surface area (Å²) < 4.78 is 33.7. The molecule has 0 radical (unpaired) electrons. The highest BCUT2D eigenvalue weighted by Gasteiger charge is 2.36. The van der Waals surface area contributed by atoms with Gasteiger partial charge in [0.2, 0.25) is 10.0 Å². The molecule has 1 fully saturated rings. The summed E-state index contributed by atoms with van der Waals surface area (Å²) in [6.45, 7) is 12.4. The minimum absolute atomic E-state index is 0.226. The molecule has 8 heteroatoms. The summed E-state index contributed by atoms with van der Waals surface area (Å²) in [5.74, 6) is 0.719. The number of aromatic nitrogens is 1. The smallest absolute Gasteiger partial charge is 0.416 e. The van der Waals surface area contributed by atoms with Crippen molar-refractivity contribution in [1.29, 1.82) is 0 Å². The lowest BCUT2D eigenvalue weighted by Gasteiger charge is -2.28. The Labute approximate surface area is 197 Å². The standard InChI is InChI=1S/C25H35N3O4S/c1-18(2)17-27(24(29)32-25(4,5)6)23-14-11-20(16-26-23)22-8-7-15-28(22)33(30,31)21-12-9-19(3)10-13-21/h9-14,16,18,22H,7-8,15,17H2,1-6H3/t22-/m1/s1. The third kappa shape index (κ3) is 6.12. The van der Waals surface area contributed by atoms with Gasteiger partial charge in [-0.05, 0) is 70.2 Å². The van der Waals surface area contributed by atoms with Gasteiger partial charge in [-0.15, -0.1) is 0 Å². The minimum atomic E-state index is -3.61. The van der Waals surface area contributed by atoms with Crippen LogP contribution in [0.25, 0.3) is 0 Å². The van der Waals surface area contributed by atoms with Gasteiger partial charge in [0.1, 0.15) is 11.4 Å². The van der Waals surface area contributed by atoms with Crippen molar-refractivity contribution in [1.82, 2.24) is 9.29 Å². The van der Waals surface area contributed by atoms with Crippen LogP contribution >= 0.6 is 0 Å². The summed E-state index contributed by atoms with van der Waals surface area (Å²) in [5, 5.41) is 0. The lowest BCUT2D eigenvalue weighted by molar-refractivity contribution is 0.0575. The number of ether oxygens (including phenoxy) is 1. The van der Waals surface area contributed by atoms with Crippen molar-refractivity contribution >= 4 is 21.9 Å². The molecule has 0 saturated carbocycles. The summed E-state index contributed by atoms with van der Waals surface area (Å²) in [6.07, 6.45) is 2.75. The quantitative estimate of drug-likeness (QED) is 0.568. The Kier molecular flexibility index (Phi) is 7.49. The minimum Gasteiger partial charge on any atom is -0.443 e. The van der Waals surface area contributed by atoms with Crippen LogP contribution in [0.2, 0.25) is 0 Å². The second-order valence-corrected chi connectivity index (χ2v) is 11.9. The van der Waals surface area contributed by atoms with Crippen LogP contribution in [-0.2, 0) is 14.8 Å². The number of aryl methyl sites for hydroxylation is 1. The van der Waals surface area contributed by atoms with Crippen LogP contribution in [0, 0.1) is 12.8 Å². The van der Waals surface area contributed by atoms with E-state index in [4.69, 9.17) is 4.74 Å². The summed E-state index contributed by atoms with van der Waals surface area (Å²) in [5.41, 5.74) is 1.23. The Morgan fingerprint density at radius 2 is 1.85 bits per heavy atom. The maximum atomic E-state index is 13.3. The second-order valence-electron chi connectivity index (χ2n) is 10.0. The van der Waals surface area contributed by atoms with Crippen LogP contribution in [0.4, 0.5) is 10.6 Å². The molecule has 2 heterocycles. The predicted octanol–water partition coefficient (Wildman–Crippen LogP) is 5.31. The van der Waals surface area contributed by atoms with Crippen molar-refractivity contribution in [3.8, 4) is 0 Å². The molecule has 0 bridgehead atoms. The molecule has 1 amide bonds. The molecule has 2 aromatic rings. The summed E-state index contributed by atoms with van der Waals surface area (Å²) in [6, 6.07) is 10.3. The fourth-order valence-corrected chi connectivity index (χ4v) is 5.59. The van der Waals surface area contributed by atoms with Gasteiger partial charge in [-0.2, -0.15) is 4.31 Å². The zero-order chi connectivity index (χ0) is 24.4. The number of rotatable bonds is 6. The Hall–Kier alpha value is -2.45. The molecule has 7 nitrogen and oxygen atoms in total. The maximum Gasteiger partial charge on any atom is 0.416 e. The largest absolute Gasteiger partial charge is 0.443 e. The van der Waals surface area contributed by atoms with E-state index in [1.807, 2.05) is 59.7 Å². The maximum absolute atomic E-state index is 13.3. The number of hydrogen-bond donors (Lipinski definition) is 0. The highest BCUT2D eigenvalue weighted by Crippen LogP contribution is 2.36. The molecule has 0 N–H and O–H groups in total. The summed E-state index contributed by atoms with van der Waals surface area (Å²) >= 11 is 0. The molecule has 0 aliphatic carbocycles. The topological polar surface area (TPSA) is 79.8 Å². The van der Waals surface area contributed by atoms with Gasteiger partial charge in [-0.25, -0.2) is 18.2 Å². The highest BCUT2D eigenvalue weighted by atomic mass is 32.2. The van der Waals surface area contributed by atoms with Gasteiger partial charge in [0.05, 0.1) is 10.9 Å². The predicted molar refractivity (Wildman–Crippen MR) is 130 cm³/mol. The van der Waals surface area contributed by atoms with Crippen molar-refractivity contribution in [2.24, 2.45) is 5.92 Å². The average Bonchev–Trinajstić information content (AvgIpc) is 3.22. The van der Waals surface area contributed by atoms with Crippen LogP contribution in [-0.4, -0.2) is 42.5 Å². The molecule has 3 rings (SSSR count). The van der Waals surface area contributed by atoms with Gasteiger partial charge in [0, 0.05) is 19.3 Å². The van der Waals surface area contributed by atoms with Crippen molar-refractivity contribution in [3.63, 3.8) is 0 Å². The van der Waals surface area contributed by atoms with Gasteiger partial charge in [-0.1, -0.05) is 37.6 Å². The highest BCUT2D eigenvalue weighted by molar-refractivity contribution is 7.89. The van der Waals surface area contributed by atoms with E-state index in [1.54, 1.807) is 28.7 Å². The molecule has 1 aliphatic heterocycles. The number of hydrogen-bond acceptors (Lipinski definition) is 5. The first-order valence-corrected chi connectivity index (χ1v) is 12.9. The number of benzene rings is 1. The van der Waals surface area contributed by atoms with Crippen molar-refractivity contribution in [3.05, 3.63) is 53.7 Å². The Bertz CT molecular complexity index is 1060. The monoisotopic (exact) mass is 473 g/mol. The van der Waals surface area contributed by atoms with E-state index in [2.05, 4.69) is 4.98 Å². The zero-order valence-electron chi connectivity index (χ0n) is 20.4. The molecule has 0 spiro atoms. The van der Waals surface area contributed by atoms with Crippen molar-refractivity contribution in [2.45, 2.75) is 70.9 Å². The number of amides is 1. The first-order valence-electron chi connectivity index (χ1n) is 11.4. The lowest BCUT2D eigenvalue weighted by Crippen LogP contribution is -2.39. The molecular weight excluding hydrogens is 438 g/mol. The fourth-order valence-electron chi connectivity index (χ4n) is 3.90. The number of carbonyl (C=O) groups is 1. The number of sulfonamides is 1. The van der Waals surface area contributed by atoms with Gasteiger partial charge in [-0.3, -0.25) is 4.90 Å². The van der Waals surface area contributed by atoms with E-state index in [-0.39, 0.29) is 12.0 Å². The van der Waals surface area contributed by atoms with Crippen LogP contribution < -0.4 is 4.90 Å². The van der Waals surface area contributed by atoms with E-state index in [0.29, 0.717) is 23.8 Å². The zero-order valence-corrected chi connectivity index (χ0v) is 21.2. The van der Waals surface area contributed by atoms with E-state index in [1.165, 1.54) is 4.90 Å².